The highest BCUT2D eigenvalue weighted by molar-refractivity contribution is 5.90. The topological polar surface area (TPSA) is 63.6 Å². The van der Waals surface area contributed by atoms with Crippen molar-refractivity contribution >= 4 is 11.9 Å². The summed E-state index contributed by atoms with van der Waals surface area (Å²) >= 11 is 0. The Morgan fingerprint density at radius 1 is 1.12 bits per heavy atom. The van der Waals surface area contributed by atoms with Gasteiger partial charge in [0.25, 0.3) is 0 Å². The fraction of sp³-hybridized carbons (Fsp3) is 0.333. The second kappa shape index (κ2) is 5.42. The zero-order valence-corrected chi connectivity index (χ0v) is 9.21. The number of aliphatic hydroxyl groups excluding tert-OH is 1. The highest BCUT2D eigenvalue weighted by Crippen LogP contribution is 2.16. The van der Waals surface area contributed by atoms with E-state index in [-0.39, 0.29) is 0 Å². The molecule has 0 fully saturated rings. The maximum Gasteiger partial charge on any atom is 0.342 e. The van der Waals surface area contributed by atoms with E-state index in [9.17, 15) is 9.59 Å². The summed E-state index contributed by atoms with van der Waals surface area (Å²) in [5, 5.41) is 8.90. The molecule has 0 saturated carbocycles. The van der Waals surface area contributed by atoms with Crippen LogP contribution in [0.1, 0.15) is 25.3 Å². The average molecular weight is 222 g/mol. The SMILES string of the molecule is CC(O)C(=O)OC(=O)C(C)c1ccccc1. The zero-order chi connectivity index (χ0) is 12.1. The number of carbonyl (C=O) groups excluding carboxylic acids is 2. The summed E-state index contributed by atoms with van der Waals surface area (Å²) in [5.41, 5.74) is 0.769. The molecule has 1 aromatic rings. The lowest BCUT2D eigenvalue weighted by molar-refractivity contribution is -0.166. The molecule has 0 aliphatic heterocycles. The number of rotatable bonds is 3. The summed E-state index contributed by atoms with van der Waals surface area (Å²) < 4.78 is 4.50. The van der Waals surface area contributed by atoms with Gasteiger partial charge in [0.15, 0.2) is 0 Å². The summed E-state index contributed by atoms with van der Waals surface area (Å²) in [6.45, 7) is 2.90. The molecular formula is C12H14O4. The summed E-state index contributed by atoms with van der Waals surface area (Å²) in [5.74, 6) is -2.10. The van der Waals surface area contributed by atoms with Crippen molar-refractivity contribution < 1.29 is 19.4 Å². The van der Waals surface area contributed by atoms with Crippen molar-refractivity contribution in [2.45, 2.75) is 25.9 Å². The van der Waals surface area contributed by atoms with Gasteiger partial charge in [-0.25, -0.2) is 4.79 Å². The van der Waals surface area contributed by atoms with Gasteiger partial charge in [0.2, 0.25) is 0 Å². The molecular weight excluding hydrogens is 208 g/mol. The first kappa shape index (κ1) is 12.4. The molecule has 0 amide bonds. The van der Waals surface area contributed by atoms with Crippen LogP contribution in [-0.2, 0) is 14.3 Å². The third kappa shape index (κ3) is 3.17. The number of esters is 2. The van der Waals surface area contributed by atoms with E-state index in [0.717, 1.165) is 5.56 Å². The van der Waals surface area contributed by atoms with Gasteiger partial charge in [-0.1, -0.05) is 30.3 Å². The Morgan fingerprint density at radius 2 is 1.69 bits per heavy atom. The Bertz CT molecular complexity index is 370. The van der Waals surface area contributed by atoms with Crippen LogP contribution in [0.4, 0.5) is 0 Å². The highest BCUT2D eigenvalue weighted by Gasteiger charge is 2.21. The third-order valence-electron chi connectivity index (χ3n) is 2.20. The monoisotopic (exact) mass is 222 g/mol. The zero-order valence-electron chi connectivity index (χ0n) is 9.21. The normalized spacial score (nSPS) is 13.9. The predicted octanol–water partition coefficient (Wildman–Crippen LogP) is 1.24. The van der Waals surface area contributed by atoms with Crippen molar-refractivity contribution in [2.24, 2.45) is 0 Å². The molecule has 0 aliphatic rings. The van der Waals surface area contributed by atoms with Crippen molar-refractivity contribution in [1.29, 1.82) is 0 Å². The highest BCUT2D eigenvalue weighted by atomic mass is 16.6. The maximum absolute atomic E-state index is 11.5. The maximum atomic E-state index is 11.5. The van der Waals surface area contributed by atoms with Crippen LogP contribution in [0.15, 0.2) is 30.3 Å². The van der Waals surface area contributed by atoms with Crippen LogP contribution in [0.5, 0.6) is 0 Å². The number of carbonyl (C=O) groups is 2. The van der Waals surface area contributed by atoms with Gasteiger partial charge in [0.05, 0.1) is 5.92 Å². The van der Waals surface area contributed by atoms with Gasteiger partial charge in [-0.15, -0.1) is 0 Å². The molecule has 2 unspecified atom stereocenters. The van der Waals surface area contributed by atoms with E-state index in [1.807, 2.05) is 6.07 Å². The second-order valence-corrected chi connectivity index (χ2v) is 3.55. The molecule has 0 saturated heterocycles. The van der Waals surface area contributed by atoms with Crippen molar-refractivity contribution in [3.8, 4) is 0 Å². The molecule has 4 nitrogen and oxygen atoms in total. The van der Waals surface area contributed by atoms with Gasteiger partial charge in [-0.05, 0) is 19.4 Å². The number of hydrogen-bond acceptors (Lipinski definition) is 4. The smallest absolute Gasteiger partial charge is 0.342 e. The summed E-state index contributed by atoms with van der Waals surface area (Å²) in [6, 6.07) is 8.99. The molecule has 0 aromatic heterocycles. The van der Waals surface area contributed by atoms with Gasteiger partial charge >= 0.3 is 11.9 Å². The fourth-order valence-electron chi connectivity index (χ4n) is 1.15. The number of hydrogen-bond donors (Lipinski definition) is 1. The first-order valence-corrected chi connectivity index (χ1v) is 5.01. The van der Waals surface area contributed by atoms with Crippen molar-refractivity contribution in [1.82, 2.24) is 0 Å². The van der Waals surface area contributed by atoms with Gasteiger partial charge in [-0.2, -0.15) is 0 Å². The molecule has 0 spiro atoms. The standard InChI is InChI=1S/C12H14O4/c1-8(10-6-4-3-5-7-10)11(14)16-12(15)9(2)13/h3-9,13H,1-2H3. The molecule has 4 heteroatoms. The Labute approximate surface area is 93.9 Å². The van der Waals surface area contributed by atoms with Crippen LogP contribution in [0, 0.1) is 0 Å². The van der Waals surface area contributed by atoms with Gasteiger partial charge in [0, 0.05) is 0 Å². The van der Waals surface area contributed by atoms with Gasteiger partial charge in [-0.3, -0.25) is 4.79 Å². The molecule has 86 valence electrons. The minimum absolute atomic E-state index is 0.524. The molecule has 16 heavy (non-hydrogen) atoms. The first-order chi connectivity index (χ1) is 7.52. The van der Waals surface area contributed by atoms with Crippen LogP contribution in [0.3, 0.4) is 0 Å². The van der Waals surface area contributed by atoms with Gasteiger partial charge in [0.1, 0.15) is 6.10 Å². The lowest BCUT2D eigenvalue weighted by Crippen LogP contribution is -2.25. The molecule has 0 aliphatic carbocycles. The molecule has 2 atom stereocenters. The Balaban J connectivity index is 2.65. The van der Waals surface area contributed by atoms with E-state index >= 15 is 0 Å². The Kier molecular flexibility index (Phi) is 4.19. The van der Waals surface area contributed by atoms with Crippen molar-refractivity contribution in [2.75, 3.05) is 0 Å². The Morgan fingerprint density at radius 3 is 2.19 bits per heavy atom. The van der Waals surface area contributed by atoms with Crippen molar-refractivity contribution in [3.63, 3.8) is 0 Å². The number of aliphatic hydroxyl groups is 1. The molecule has 1 aromatic carbocycles. The fourth-order valence-corrected chi connectivity index (χ4v) is 1.15. The van der Waals surface area contributed by atoms with E-state index in [0.29, 0.717) is 0 Å². The van der Waals surface area contributed by atoms with Crippen LogP contribution in [0.2, 0.25) is 0 Å². The van der Waals surface area contributed by atoms with E-state index in [1.165, 1.54) is 6.92 Å². The average Bonchev–Trinajstić information content (AvgIpc) is 2.28. The minimum Gasteiger partial charge on any atom is -0.391 e. The minimum atomic E-state index is -1.29. The second-order valence-electron chi connectivity index (χ2n) is 3.55. The molecule has 1 rings (SSSR count). The van der Waals surface area contributed by atoms with Crippen molar-refractivity contribution in [3.05, 3.63) is 35.9 Å². The lowest BCUT2D eigenvalue weighted by Gasteiger charge is -2.11. The quantitative estimate of drug-likeness (QED) is 0.617. The molecule has 0 heterocycles. The Hall–Kier alpha value is -1.68. The van der Waals surface area contributed by atoms with Gasteiger partial charge < -0.3 is 9.84 Å². The first-order valence-electron chi connectivity index (χ1n) is 5.01. The summed E-state index contributed by atoms with van der Waals surface area (Å²) in [7, 11) is 0. The van der Waals surface area contributed by atoms with Crippen LogP contribution >= 0.6 is 0 Å². The summed E-state index contributed by atoms with van der Waals surface area (Å²) in [4.78, 5) is 22.5. The predicted molar refractivity (Wildman–Crippen MR) is 57.6 cm³/mol. The van der Waals surface area contributed by atoms with Crippen LogP contribution < -0.4 is 0 Å². The van der Waals surface area contributed by atoms with Crippen LogP contribution in [-0.4, -0.2) is 23.1 Å². The van der Waals surface area contributed by atoms with E-state index < -0.39 is 24.0 Å². The molecule has 1 N–H and O–H groups in total. The molecule has 0 radical (unpaired) electrons. The number of benzene rings is 1. The third-order valence-corrected chi connectivity index (χ3v) is 2.20. The van der Waals surface area contributed by atoms with Crippen LogP contribution in [0.25, 0.3) is 0 Å². The summed E-state index contributed by atoms with van der Waals surface area (Å²) in [6.07, 6.45) is -1.29. The lowest BCUT2D eigenvalue weighted by atomic mass is 10.0. The van der Waals surface area contributed by atoms with E-state index in [1.54, 1.807) is 31.2 Å². The van der Waals surface area contributed by atoms with E-state index in [2.05, 4.69) is 4.74 Å². The molecule has 0 bridgehead atoms. The largest absolute Gasteiger partial charge is 0.391 e. The number of ether oxygens (including phenoxy) is 1. The van der Waals surface area contributed by atoms with E-state index in [4.69, 9.17) is 5.11 Å².